The molecular formula is C15H12N2O2. The molecule has 1 atom stereocenters. The molecule has 4 heteroatoms. The minimum Gasteiger partial charge on any atom is -0.478 e. The number of aliphatic carboxylic acids is 1. The second-order valence-electron chi connectivity index (χ2n) is 4.22. The van der Waals surface area contributed by atoms with Gasteiger partial charge in [-0.25, -0.2) is 4.79 Å². The summed E-state index contributed by atoms with van der Waals surface area (Å²) in [5, 5.41) is 18.0. The number of nitrogens with zero attached hydrogens (tertiary/aromatic N) is 2. The SMILES string of the molecule is N#Cc1ccccc1C1(/C=C/C(=O)O)C=CC=NC1. The van der Waals surface area contributed by atoms with Gasteiger partial charge in [0, 0.05) is 12.3 Å². The number of carbonyl (C=O) groups is 1. The van der Waals surface area contributed by atoms with E-state index < -0.39 is 11.4 Å². The van der Waals surface area contributed by atoms with Crippen molar-refractivity contribution in [2.24, 2.45) is 4.99 Å². The molecule has 1 aliphatic rings. The molecule has 1 N–H and O–H groups in total. The summed E-state index contributed by atoms with van der Waals surface area (Å²) in [5.74, 6) is -1.02. The van der Waals surface area contributed by atoms with Gasteiger partial charge in [-0.15, -0.1) is 0 Å². The first kappa shape index (κ1) is 12.8. The summed E-state index contributed by atoms with van der Waals surface area (Å²) in [6.45, 7) is 0.395. The zero-order valence-electron chi connectivity index (χ0n) is 10.2. The molecule has 19 heavy (non-hydrogen) atoms. The largest absolute Gasteiger partial charge is 0.478 e. The van der Waals surface area contributed by atoms with Crippen molar-refractivity contribution in [3.63, 3.8) is 0 Å². The predicted molar refractivity (Wildman–Crippen MR) is 72.1 cm³/mol. The molecule has 1 unspecified atom stereocenters. The Balaban J connectivity index is 2.56. The molecule has 2 rings (SSSR count). The Bertz CT molecular complexity index is 623. The molecule has 0 radical (unpaired) electrons. The number of rotatable bonds is 3. The van der Waals surface area contributed by atoms with Crippen LogP contribution >= 0.6 is 0 Å². The fraction of sp³-hybridized carbons (Fsp3) is 0.133. The van der Waals surface area contributed by atoms with Gasteiger partial charge in [0.2, 0.25) is 0 Å². The number of carboxylic acids is 1. The Morgan fingerprint density at radius 3 is 2.89 bits per heavy atom. The molecular weight excluding hydrogens is 240 g/mol. The van der Waals surface area contributed by atoms with Gasteiger partial charge in [0.05, 0.1) is 23.6 Å². The van der Waals surface area contributed by atoms with Crippen molar-refractivity contribution in [1.29, 1.82) is 5.26 Å². The van der Waals surface area contributed by atoms with Crippen molar-refractivity contribution in [2.45, 2.75) is 5.41 Å². The third-order valence-electron chi connectivity index (χ3n) is 3.01. The number of carboxylic acid groups (broad SMARTS) is 1. The zero-order chi connectivity index (χ0) is 13.7. The average molecular weight is 252 g/mol. The summed E-state index contributed by atoms with van der Waals surface area (Å²) < 4.78 is 0. The molecule has 0 aromatic heterocycles. The van der Waals surface area contributed by atoms with Gasteiger partial charge in [0.25, 0.3) is 0 Å². The number of dihydropyridines is 1. The lowest BCUT2D eigenvalue weighted by atomic mass is 9.77. The highest BCUT2D eigenvalue weighted by Gasteiger charge is 2.30. The maximum atomic E-state index is 10.8. The second-order valence-corrected chi connectivity index (χ2v) is 4.22. The van der Waals surface area contributed by atoms with Gasteiger partial charge in [-0.1, -0.05) is 30.4 Å². The first-order valence-corrected chi connectivity index (χ1v) is 5.77. The lowest BCUT2D eigenvalue weighted by Crippen LogP contribution is -2.28. The minimum atomic E-state index is -1.02. The van der Waals surface area contributed by atoms with Crippen LogP contribution in [0, 0.1) is 11.3 Å². The Morgan fingerprint density at radius 1 is 1.47 bits per heavy atom. The molecule has 94 valence electrons. The maximum Gasteiger partial charge on any atom is 0.328 e. The molecule has 0 saturated carbocycles. The van der Waals surface area contributed by atoms with Crippen LogP contribution in [0.25, 0.3) is 0 Å². The van der Waals surface area contributed by atoms with E-state index >= 15 is 0 Å². The molecule has 0 spiro atoms. The summed E-state index contributed by atoms with van der Waals surface area (Å²) in [4.78, 5) is 15.0. The zero-order valence-corrected chi connectivity index (χ0v) is 10.2. The monoisotopic (exact) mass is 252 g/mol. The predicted octanol–water partition coefficient (Wildman–Crippen LogP) is 2.08. The molecule has 4 nitrogen and oxygen atoms in total. The summed E-state index contributed by atoms with van der Waals surface area (Å²) >= 11 is 0. The van der Waals surface area contributed by atoms with Crippen molar-refractivity contribution in [2.75, 3.05) is 6.54 Å². The number of aliphatic imine (C=N–C) groups is 1. The Hall–Kier alpha value is -2.67. The molecule has 1 aliphatic heterocycles. The third kappa shape index (κ3) is 2.61. The van der Waals surface area contributed by atoms with Crippen LogP contribution in [0.1, 0.15) is 11.1 Å². The molecule has 0 fully saturated rings. The van der Waals surface area contributed by atoms with Crippen LogP contribution in [-0.4, -0.2) is 23.8 Å². The van der Waals surface area contributed by atoms with Crippen LogP contribution < -0.4 is 0 Å². The Morgan fingerprint density at radius 2 is 2.26 bits per heavy atom. The lowest BCUT2D eigenvalue weighted by Gasteiger charge is -2.28. The van der Waals surface area contributed by atoms with E-state index in [0.717, 1.165) is 11.6 Å². The van der Waals surface area contributed by atoms with Crippen LogP contribution in [-0.2, 0) is 10.2 Å². The van der Waals surface area contributed by atoms with E-state index in [1.165, 1.54) is 0 Å². The lowest BCUT2D eigenvalue weighted by molar-refractivity contribution is -0.131. The highest BCUT2D eigenvalue weighted by molar-refractivity contribution is 5.81. The highest BCUT2D eigenvalue weighted by atomic mass is 16.4. The average Bonchev–Trinajstić information content (AvgIpc) is 2.46. The molecule has 1 aromatic carbocycles. The van der Waals surface area contributed by atoms with Crippen molar-refractivity contribution in [1.82, 2.24) is 0 Å². The summed E-state index contributed by atoms with van der Waals surface area (Å²) in [7, 11) is 0. The van der Waals surface area contributed by atoms with E-state index in [0.29, 0.717) is 12.1 Å². The van der Waals surface area contributed by atoms with E-state index in [9.17, 15) is 10.1 Å². The molecule has 1 aromatic rings. The fourth-order valence-electron chi connectivity index (χ4n) is 2.11. The van der Waals surface area contributed by atoms with Gasteiger partial charge in [0.1, 0.15) is 0 Å². The van der Waals surface area contributed by atoms with Crippen LogP contribution in [0.15, 0.2) is 53.6 Å². The first-order valence-electron chi connectivity index (χ1n) is 5.77. The fourth-order valence-corrected chi connectivity index (χ4v) is 2.11. The van der Waals surface area contributed by atoms with Crippen LogP contribution in [0.2, 0.25) is 0 Å². The van der Waals surface area contributed by atoms with Gasteiger partial charge in [0.15, 0.2) is 0 Å². The van der Waals surface area contributed by atoms with Crippen molar-refractivity contribution in [3.05, 3.63) is 59.7 Å². The molecule has 0 bridgehead atoms. The van der Waals surface area contributed by atoms with E-state index in [1.54, 1.807) is 30.5 Å². The summed E-state index contributed by atoms with van der Waals surface area (Å²) in [5.41, 5.74) is 0.627. The highest BCUT2D eigenvalue weighted by Crippen LogP contribution is 2.32. The maximum absolute atomic E-state index is 10.8. The van der Waals surface area contributed by atoms with Crippen LogP contribution in [0.4, 0.5) is 0 Å². The number of allylic oxidation sites excluding steroid dienone is 1. The number of nitriles is 1. The van der Waals surface area contributed by atoms with E-state index in [-0.39, 0.29) is 0 Å². The molecule has 0 amide bonds. The van der Waals surface area contributed by atoms with E-state index in [2.05, 4.69) is 11.1 Å². The second kappa shape index (κ2) is 5.32. The molecule has 1 heterocycles. The Labute approximate surface area is 111 Å². The van der Waals surface area contributed by atoms with Gasteiger partial charge < -0.3 is 5.11 Å². The van der Waals surface area contributed by atoms with E-state index in [4.69, 9.17) is 5.11 Å². The van der Waals surface area contributed by atoms with Gasteiger partial charge in [-0.05, 0) is 17.7 Å². The van der Waals surface area contributed by atoms with Gasteiger partial charge >= 0.3 is 5.97 Å². The minimum absolute atomic E-state index is 0.395. The normalized spacial score (nSPS) is 21.4. The first-order chi connectivity index (χ1) is 9.18. The van der Waals surface area contributed by atoms with Crippen LogP contribution in [0.3, 0.4) is 0 Å². The van der Waals surface area contributed by atoms with Crippen molar-refractivity contribution < 1.29 is 9.90 Å². The summed E-state index contributed by atoms with van der Waals surface area (Å²) in [6, 6.07) is 9.30. The van der Waals surface area contributed by atoms with Crippen molar-refractivity contribution >= 4 is 12.2 Å². The van der Waals surface area contributed by atoms with Crippen molar-refractivity contribution in [3.8, 4) is 6.07 Å². The number of hydrogen-bond donors (Lipinski definition) is 1. The van der Waals surface area contributed by atoms with Crippen LogP contribution in [0.5, 0.6) is 0 Å². The Kier molecular flexibility index (Phi) is 3.58. The molecule has 0 saturated heterocycles. The standard InChI is InChI=1S/C15H12N2O2/c16-10-12-4-1-2-5-13(12)15(8-6-14(18)19)7-3-9-17-11-15/h1-9H,11H2,(H,18,19)/b8-6+. The van der Waals surface area contributed by atoms with E-state index in [1.807, 2.05) is 18.2 Å². The van der Waals surface area contributed by atoms with Gasteiger partial charge in [-0.3, -0.25) is 4.99 Å². The number of hydrogen-bond acceptors (Lipinski definition) is 3. The topological polar surface area (TPSA) is 73.5 Å². The third-order valence-corrected chi connectivity index (χ3v) is 3.01. The quantitative estimate of drug-likeness (QED) is 0.837. The molecule has 0 aliphatic carbocycles. The smallest absolute Gasteiger partial charge is 0.328 e. The number of benzene rings is 1. The van der Waals surface area contributed by atoms with Gasteiger partial charge in [-0.2, -0.15) is 5.26 Å². The summed E-state index contributed by atoms with van der Waals surface area (Å²) in [6.07, 6.45) is 7.99.